The molecule has 1 amide bonds. The van der Waals surface area contributed by atoms with Crippen LogP contribution in [0, 0.1) is 5.41 Å². The maximum absolute atomic E-state index is 14.0. The molecule has 0 aromatic heterocycles. The third kappa shape index (κ3) is 4.65. The number of rotatable bonds is 6. The highest BCUT2D eigenvalue weighted by atomic mass is 32.2. The quantitative estimate of drug-likeness (QED) is 0.736. The van der Waals surface area contributed by atoms with E-state index in [4.69, 9.17) is 0 Å². The first-order valence-electron chi connectivity index (χ1n) is 10.3. The van der Waals surface area contributed by atoms with Crippen LogP contribution in [0.25, 0.3) is 11.1 Å². The van der Waals surface area contributed by atoms with Crippen LogP contribution in [-0.2, 0) is 21.2 Å². The van der Waals surface area contributed by atoms with Crippen LogP contribution in [-0.4, -0.2) is 50.0 Å². The summed E-state index contributed by atoms with van der Waals surface area (Å²) >= 11 is 0. The Labute approximate surface area is 181 Å². The number of carbonyl (C=O) groups is 1. The van der Waals surface area contributed by atoms with Crippen LogP contribution < -0.4 is 4.72 Å². The average Bonchev–Trinajstić information content (AvgIpc) is 3.43. The van der Waals surface area contributed by atoms with E-state index in [9.17, 15) is 22.0 Å². The summed E-state index contributed by atoms with van der Waals surface area (Å²) < 4.78 is 54.7. The first-order chi connectivity index (χ1) is 14.5. The first kappa shape index (κ1) is 21.9. The molecule has 2 unspecified atom stereocenters. The molecule has 2 fully saturated rings. The van der Waals surface area contributed by atoms with Crippen molar-refractivity contribution in [3.05, 3.63) is 60.2 Å². The second-order valence-corrected chi connectivity index (χ2v) is 10.7. The van der Waals surface area contributed by atoms with Gasteiger partial charge in [-0.1, -0.05) is 54.6 Å². The van der Waals surface area contributed by atoms with Crippen molar-refractivity contribution in [2.75, 3.05) is 12.8 Å². The Kier molecular flexibility index (Phi) is 5.42. The van der Waals surface area contributed by atoms with Gasteiger partial charge >= 0.3 is 5.92 Å². The number of halogens is 2. The Morgan fingerprint density at radius 2 is 1.77 bits per heavy atom. The zero-order valence-electron chi connectivity index (χ0n) is 17.5. The second kappa shape index (κ2) is 7.67. The predicted octanol–water partition coefficient (Wildman–Crippen LogP) is 3.46. The molecular formula is C23H26F2N2O3S. The molecule has 5 nitrogen and oxygen atoms in total. The Bertz CT molecular complexity index is 1080. The molecule has 166 valence electrons. The molecule has 1 aliphatic carbocycles. The zero-order chi connectivity index (χ0) is 22.4. The van der Waals surface area contributed by atoms with Crippen LogP contribution in [0.4, 0.5) is 8.78 Å². The van der Waals surface area contributed by atoms with Gasteiger partial charge in [0.25, 0.3) is 5.91 Å². The van der Waals surface area contributed by atoms with E-state index in [0.29, 0.717) is 19.8 Å². The van der Waals surface area contributed by atoms with Crippen molar-refractivity contribution in [3.8, 4) is 11.1 Å². The SMILES string of the molecule is CC(F)(F)C(=O)N1CC2(CC2)C(NS(C)(=O)=O)C1Cc1cccc(-c2ccccc2)c1. The van der Waals surface area contributed by atoms with Crippen LogP contribution in [0.5, 0.6) is 0 Å². The van der Waals surface area contributed by atoms with Crippen molar-refractivity contribution in [1.82, 2.24) is 9.62 Å². The lowest BCUT2D eigenvalue weighted by Crippen LogP contribution is -2.51. The van der Waals surface area contributed by atoms with Gasteiger partial charge in [-0.25, -0.2) is 13.1 Å². The molecule has 2 aliphatic rings. The van der Waals surface area contributed by atoms with Crippen molar-refractivity contribution < 1.29 is 22.0 Å². The van der Waals surface area contributed by atoms with Gasteiger partial charge in [-0.2, -0.15) is 8.78 Å². The fourth-order valence-corrected chi connectivity index (χ4v) is 5.53. The zero-order valence-corrected chi connectivity index (χ0v) is 18.3. The average molecular weight is 449 g/mol. The number of alkyl halides is 2. The van der Waals surface area contributed by atoms with Gasteiger partial charge in [0, 0.05) is 24.9 Å². The molecule has 0 radical (unpaired) electrons. The minimum absolute atomic E-state index is 0.144. The van der Waals surface area contributed by atoms with E-state index in [2.05, 4.69) is 4.72 Å². The third-order valence-corrected chi connectivity index (χ3v) is 6.96. The molecule has 1 aliphatic heterocycles. The summed E-state index contributed by atoms with van der Waals surface area (Å²) in [6.07, 6.45) is 2.77. The molecule has 8 heteroatoms. The number of hydrogen-bond acceptors (Lipinski definition) is 3. The van der Waals surface area contributed by atoms with Gasteiger partial charge in [0.1, 0.15) is 0 Å². The molecule has 1 saturated heterocycles. The summed E-state index contributed by atoms with van der Waals surface area (Å²) in [7, 11) is -3.57. The molecular weight excluding hydrogens is 422 g/mol. The van der Waals surface area contributed by atoms with Gasteiger partial charge in [0.05, 0.1) is 12.3 Å². The van der Waals surface area contributed by atoms with E-state index in [1.807, 2.05) is 54.6 Å². The van der Waals surface area contributed by atoms with Gasteiger partial charge in [0.2, 0.25) is 10.0 Å². The number of likely N-dealkylation sites (tertiary alicyclic amines) is 1. The Balaban J connectivity index is 1.69. The largest absolute Gasteiger partial charge is 0.332 e. The lowest BCUT2D eigenvalue weighted by molar-refractivity contribution is -0.156. The van der Waals surface area contributed by atoms with Crippen molar-refractivity contribution >= 4 is 15.9 Å². The molecule has 2 atom stereocenters. The molecule has 1 N–H and O–H groups in total. The van der Waals surface area contributed by atoms with Gasteiger partial charge in [-0.3, -0.25) is 4.79 Å². The summed E-state index contributed by atoms with van der Waals surface area (Å²) in [5, 5.41) is 0. The van der Waals surface area contributed by atoms with Crippen LogP contribution in [0.15, 0.2) is 54.6 Å². The highest BCUT2D eigenvalue weighted by Gasteiger charge is 2.62. The van der Waals surface area contributed by atoms with E-state index in [1.54, 1.807) is 0 Å². The maximum Gasteiger partial charge on any atom is 0.322 e. The number of carbonyl (C=O) groups excluding carboxylic acids is 1. The molecule has 0 bridgehead atoms. The minimum Gasteiger partial charge on any atom is -0.332 e. The fraction of sp³-hybridized carbons (Fsp3) is 0.435. The van der Waals surface area contributed by atoms with Crippen LogP contribution >= 0.6 is 0 Å². The summed E-state index contributed by atoms with van der Waals surface area (Å²) in [5.41, 5.74) is 2.39. The number of sulfonamides is 1. The van der Waals surface area contributed by atoms with Gasteiger partial charge in [-0.15, -0.1) is 0 Å². The molecule has 4 rings (SSSR count). The Morgan fingerprint density at radius 3 is 2.35 bits per heavy atom. The normalized spacial score (nSPS) is 22.6. The highest BCUT2D eigenvalue weighted by molar-refractivity contribution is 7.88. The van der Waals surface area contributed by atoms with Crippen molar-refractivity contribution in [2.24, 2.45) is 5.41 Å². The van der Waals surface area contributed by atoms with Crippen molar-refractivity contribution in [3.63, 3.8) is 0 Å². The lowest BCUT2D eigenvalue weighted by atomic mass is 9.91. The van der Waals surface area contributed by atoms with Crippen LogP contribution in [0.3, 0.4) is 0 Å². The van der Waals surface area contributed by atoms with E-state index >= 15 is 0 Å². The number of nitrogens with zero attached hydrogens (tertiary/aromatic N) is 1. The van der Waals surface area contributed by atoms with E-state index in [1.165, 1.54) is 4.90 Å². The van der Waals surface area contributed by atoms with Gasteiger partial charge in [0.15, 0.2) is 0 Å². The van der Waals surface area contributed by atoms with Crippen molar-refractivity contribution in [2.45, 2.75) is 44.2 Å². The Morgan fingerprint density at radius 1 is 1.13 bits per heavy atom. The highest BCUT2D eigenvalue weighted by Crippen LogP contribution is 2.56. The van der Waals surface area contributed by atoms with Gasteiger partial charge in [-0.05, 0) is 36.0 Å². The molecule has 1 saturated carbocycles. The summed E-state index contributed by atoms with van der Waals surface area (Å²) in [4.78, 5) is 13.8. The predicted molar refractivity (Wildman–Crippen MR) is 115 cm³/mol. The number of benzene rings is 2. The molecule has 1 heterocycles. The molecule has 1 spiro atoms. The number of amides is 1. The third-order valence-electron chi connectivity index (χ3n) is 6.28. The molecule has 2 aromatic rings. The number of hydrogen-bond donors (Lipinski definition) is 1. The topological polar surface area (TPSA) is 66.5 Å². The summed E-state index contributed by atoms with van der Waals surface area (Å²) in [6, 6.07) is 16.2. The monoisotopic (exact) mass is 448 g/mol. The smallest absolute Gasteiger partial charge is 0.322 e. The van der Waals surface area contributed by atoms with Gasteiger partial charge < -0.3 is 4.90 Å². The van der Waals surface area contributed by atoms with E-state index in [0.717, 1.165) is 22.9 Å². The van der Waals surface area contributed by atoms with E-state index < -0.39 is 39.4 Å². The molecule has 2 aromatic carbocycles. The van der Waals surface area contributed by atoms with Crippen molar-refractivity contribution in [1.29, 1.82) is 0 Å². The van der Waals surface area contributed by atoms with E-state index in [-0.39, 0.29) is 13.0 Å². The first-order valence-corrected chi connectivity index (χ1v) is 12.2. The Hall–Kier alpha value is -2.32. The second-order valence-electron chi connectivity index (χ2n) is 8.89. The maximum atomic E-state index is 14.0. The minimum atomic E-state index is -3.57. The van der Waals surface area contributed by atoms with Crippen LogP contribution in [0.2, 0.25) is 0 Å². The standard InChI is InChI=1S/C23H26F2N2O3S/c1-22(24,25)21(28)27-15-23(11-12-23)20(26-31(2,29)30)19(27)14-16-7-6-10-18(13-16)17-8-4-3-5-9-17/h3-10,13,19-20,26H,11-12,14-15H2,1-2H3. The van der Waals surface area contributed by atoms with Crippen LogP contribution in [0.1, 0.15) is 25.3 Å². The summed E-state index contributed by atoms with van der Waals surface area (Å²) in [5.74, 6) is -4.76. The fourth-order valence-electron chi connectivity index (χ4n) is 4.66. The summed E-state index contributed by atoms with van der Waals surface area (Å²) in [6.45, 7) is 0.741. The number of nitrogens with one attached hydrogen (secondary N) is 1. The lowest BCUT2D eigenvalue weighted by Gasteiger charge is -2.30. The molecule has 31 heavy (non-hydrogen) atoms.